The minimum Gasteiger partial charge on any atom is -0.354 e. The van der Waals surface area contributed by atoms with Gasteiger partial charge in [-0.05, 0) is 118 Å². The summed E-state index contributed by atoms with van der Waals surface area (Å²) in [5.74, 6) is 0. The first-order chi connectivity index (χ1) is 27.5. The summed E-state index contributed by atoms with van der Waals surface area (Å²) in [7, 11) is 0. The lowest BCUT2D eigenvalue weighted by Crippen LogP contribution is -2.19. The molecule has 0 bridgehead atoms. The Balaban J connectivity index is 1.27. The van der Waals surface area contributed by atoms with E-state index in [9.17, 15) is 0 Å². The van der Waals surface area contributed by atoms with Crippen molar-refractivity contribution in [1.82, 2.24) is 4.98 Å². The van der Waals surface area contributed by atoms with Crippen molar-refractivity contribution in [2.45, 2.75) is 40.5 Å². The Morgan fingerprint density at radius 2 is 1.05 bits per heavy atom. The molecule has 2 nitrogen and oxygen atoms in total. The number of benzene rings is 8. The molecule has 0 saturated carbocycles. The molecule has 0 saturated heterocycles. The van der Waals surface area contributed by atoms with Gasteiger partial charge in [-0.25, -0.2) is 0 Å². The molecule has 0 spiro atoms. The van der Waals surface area contributed by atoms with E-state index in [0.29, 0.717) is 0 Å². The number of nitrogens with one attached hydrogen (secondary N) is 1. The van der Waals surface area contributed by atoms with Crippen molar-refractivity contribution < 1.29 is 0 Å². The molecule has 1 aromatic heterocycles. The zero-order valence-corrected chi connectivity index (χ0v) is 32.3. The SMILES string of the molecule is Cc1cc2c(c(N(c3ccccc3-c3ccccc3)c3c(C)c(C)c(-c4cccc5c4[nH]c4ccccc45)c4c3Cc3ccccc3-4)c1C)Cc1ccccc1-2. The van der Waals surface area contributed by atoms with Crippen molar-refractivity contribution in [3.8, 4) is 44.5 Å². The van der Waals surface area contributed by atoms with E-state index in [-0.39, 0.29) is 0 Å². The molecule has 9 aromatic rings. The van der Waals surface area contributed by atoms with Crippen LogP contribution >= 0.6 is 0 Å². The molecule has 268 valence electrons. The van der Waals surface area contributed by atoms with E-state index in [1.165, 1.54) is 128 Å². The van der Waals surface area contributed by atoms with Gasteiger partial charge in [0, 0.05) is 40.3 Å². The second kappa shape index (κ2) is 12.4. The number of aromatic amines is 1. The fraction of sp³-hybridized carbons (Fsp3) is 0.111. The smallest absolute Gasteiger partial charge is 0.0544 e. The number of hydrogen-bond donors (Lipinski definition) is 1. The number of hydrogen-bond acceptors (Lipinski definition) is 1. The maximum absolute atomic E-state index is 3.86. The normalized spacial score (nSPS) is 12.5. The number of rotatable bonds is 5. The summed E-state index contributed by atoms with van der Waals surface area (Å²) < 4.78 is 0. The van der Waals surface area contributed by atoms with Crippen molar-refractivity contribution in [2.24, 2.45) is 0 Å². The van der Waals surface area contributed by atoms with Gasteiger partial charge in [-0.3, -0.25) is 0 Å². The topological polar surface area (TPSA) is 19.0 Å². The van der Waals surface area contributed by atoms with Crippen LogP contribution in [0.5, 0.6) is 0 Å². The first-order valence-electron chi connectivity index (χ1n) is 19.9. The summed E-state index contributed by atoms with van der Waals surface area (Å²) in [6.45, 7) is 9.38. The highest BCUT2D eigenvalue weighted by atomic mass is 15.2. The molecule has 1 N–H and O–H groups in total. The fourth-order valence-corrected chi connectivity index (χ4v) is 10.0. The highest BCUT2D eigenvalue weighted by molar-refractivity contribution is 6.14. The van der Waals surface area contributed by atoms with Crippen molar-refractivity contribution in [3.05, 3.63) is 196 Å². The first-order valence-corrected chi connectivity index (χ1v) is 19.9. The molecule has 2 aliphatic carbocycles. The van der Waals surface area contributed by atoms with Crippen molar-refractivity contribution in [2.75, 3.05) is 4.90 Å². The van der Waals surface area contributed by atoms with Crippen molar-refractivity contribution in [3.63, 3.8) is 0 Å². The third-order valence-corrected chi connectivity index (χ3v) is 12.9. The van der Waals surface area contributed by atoms with E-state index in [0.717, 1.165) is 12.8 Å². The maximum atomic E-state index is 3.86. The lowest BCUT2D eigenvalue weighted by atomic mass is 9.84. The van der Waals surface area contributed by atoms with Crippen LogP contribution < -0.4 is 4.90 Å². The summed E-state index contributed by atoms with van der Waals surface area (Å²) in [6.07, 6.45) is 1.78. The molecule has 0 aliphatic heterocycles. The highest BCUT2D eigenvalue weighted by Crippen LogP contribution is 2.57. The first kappa shape index (κ1) is 32.8. The Bertz CT molecular complexity index is 3070. The predicted molar refractivity (Wildman–Crippen MR) is 237 cm³/mol. The van der Waals surface area contributed by atoms with Crippen LogP contribution in [0.2, 0.25) is 0 Å². The van der Waals surface area contributed by atoms with Crippen LogP contribution in [-0.2, 0) is 12.8 Å². The monoisotopic (exact) mass is 718 g/mol. The molecule has 0 fully saturated rings. The van der Waals surface area contributed by atoms with Gasteiger partial charge in [0.05, 0.1) is 22.6 Å². The molecule has 11 rings (SSSR count). The maximum Gasteiger partial charge on any atom is 0.0544 e. The zero-order chi connectivity index (χ0) is 37.7. The third-order valence-electron chi connectivity index (χ3n) is 12.9. The Hall–Kier alpha value is -6.64. The Morgan fingerprint density at radius 1 is 0.446 bits per heavy atom. The van der Waals surface area contributed by atoms with Crippen LogP contribution in [0, 0.1) is 27.7 Å². The molecule has 56 heavy (non-hydrogen) atoms. The van der Waals surface area contributed by atoms with E-state index in [1.54, 1.807) is 0 Å². The highest BCUT2D eigenvalue weighted by Gasteiger charge is 2.35. The predicted octanol–water partition coefficient (Wildman–Crippen LogP) is 14.5. The van der Waals surface area contributed by atoms with Gasteiger partial charge < -0.3 is 9.88 Å². The van der Waals surface area contributed by atoms with Gasteiger partial charge in [-0.2, -0.15) is 0 Å². The quantitative estimate of drug-likeness (QED) is 0.188. The standard InChI is InChI=1S/C54H42N2/c1-32-29-45-39-21-10-8-19-37(39)30-46(45)53(33(32)2)56(49-28-15-13-22-40(49)36-17-6-5-7-18-36)54-35(4)34(3)50(51-41-23-11-9-20-38(41)31-47(51)54)44-26-16-25-43-42-24-12-14-27-48(42)55-52(43)44/h5-29,55H,30-31H2,1-4H3. The van der Waals surface area contributed by atoms with E-state index in [2.05, 4.69) is 189 Å². The summed E-state index contributed by atoms with van der Waals surface area (Å²) in [5, 5.41) is 2.53. The number of nitrogens with zero attached hydrogens (tertiary/aromatic N) is 1. The van der Waals surface area contributed by atoms with Gasteiger partial charge in [-0.1, -0.05) is 140 Å². The number of para-hydroxylation sites is 3. The summed E-state index contributed by atoms with van der Waals surface area (Å²) in [6, 6.07) is 56.1. The van der Waals surface area contributed by atoms with Crippen molar-refractivity contribution in [1.29, 1.82) is 0 Å². The largest absolute Gasteiger partial charge is 0.354 e. The molecule has 0 radical (unpaired) electrons. The van der Waals surface area contributed by atoms with Gasteiger partial charge in [0.1, 0.15) is 0 Å². The third kappa shape index (κ3) is 4.69. The lowest BCUT2D eigenvalue weighted by molar-refractivity contribution is 1.12. The van der Waals surface area contributed by atoms with Gasteiger partial charge in [-0.15, -0.1) is 0 Å². The van der Waals surface area contributed by atoms with Gasteiger partial charge in [0.25, 0.3) is 0 Å². The fourth-order valence-electron chi connectivity index (χ4n) is 10.0. The van der Waals surface area contributed by atoms with Crippen LogP contribution in [0.4, 0.5) is 17.1 Å². The van der Waals surface area contributed by atoms with Crippen LogP contribution in [0.1, 0.15) is 44.5 Å². The van der Waals surface area contributed by atoms with E-state index in [4.69, 9.17) is 0 Å². The summed E-state index contributed by atoms with van der Waals surface area (Å²) in [5.41, 5.74) is 27.5. The lowest BCUT2D eigenvalue weighted by Gasteiger charge is -2.36. The van der Waals surface area contributed by atoms with Crippen molar-refractivity contribution >= 4 is 38.9 Å². The summed E-state index contributed by atoms with van der Waals surface area (Å²) in [4.78, 5) is 6.55. The number of fused-ring (bicyclic) bond motifs is 9. The average molecular weight is 719 g/mol. The van der Waals surface area contributed by atoms with Gasteiger partial charge in [0.2, 0.25) is 0 Å². The van der Waals surface area contributed by atoms with Crippen LogP contribution in [-0.4, -0.2) is 4.98 Å². The molecular weight excluding hydrogens is 677 g/mol. The second-order valence-electron chi connectivity index (χ2n) is 15.8. The van der Waals surface area contributed by atoms with E-state index < -0.39 is 0 Å². The zero-order valence-electron chi connectivity index (χ0n) is 32.3. The molecule has 1 heterocycles. The molecular formula is C54H42N2. The summed E-state index contributed by atoms with van der Waals surface area (Å²) >= 11 is 0. The average Bonchev–Trinajstić information content (AvgIpc) is 3.93. The van der Waals surface area contributed by atoms with Gasteiger partial charge >= 0.3 is 0 Å². The molecule has 2 heteroatoms. The number of aryl methyl sites for hydroxylation is 1. The van der Waals surface area contributed by atoms with E-state index in [1.807, 2.05) is 0 Å². The minimum atomic E-state index is 0.870. The molecule has 2 aliphatic rings. The van der Waals surface area contributed by atoms with Crippen LogP contribution in [0.3, 0.4) is 0 Å². The number of H-pyrrole nitrogens is 1. The Kier molecular flexibility index (Phi) is 7.28. The van der Waals surface area contributed by atoms with Crippen LogP contribution in [0.15, 0.2) is 152 Å². The second-order valence-corrected chi connectivity index (χ2v) is 15.8. The van der Waals surface area contributed by atoms with Gasteiger partial charge in [0.15, 0.2) is 0 Å². The number of aromatic nitrogens is 1. The molecule has 8 aromatic carbocycles. The van der Waals surface area contributed by atoms with Crippen LogP contribution in [0.25, 0.3) is 66.3 Å². The molecule has 0 atom stereocenters. The molecule has 0 unspecified atom stereocenters. The van der Waals surface area contributed by atoms with E-state index >= 15 is 0 Å². The number of anilines is 3. The minimum absolute atomic E-state index is 0.870. The Labute approximate surface area is 328 Å². The molecule has 0 amide bonds. The Morgan fingerprint density at radius 3 is 1.88 bits per heavy atom.